The molecule has 0 spiro atoms. The maximum atomic E-state index is 12.6. The average molecular weight is 417 g/mol. The molecule has 1 N–H and O–H groups in total. The molecule has 5 nitrogen and oxygen atoms in total. The first-order chi connectivity index (χ1) is 14.7. The Morgan fingerprint density at radius 2 is 1.83 bits per heavy atom. The van der Waals surface area contributed by atoms with Crippen LogP contribution in [-0.2, 0) is 28.8 Å². The number of benzene rings is 2. The minimum atomic E-state index is -0.536. The molecule has 1 aromatic heterocycles. The quantitative estimate of drug-likeness (QED) is 0.600. The summed E-state index contributed by atoms with van der Waals surface area (Å²) in [7, 11) is 0. The average Bonchev–Trinajstić information content (AvgIpc) is 3.34. The Balaban J connectivity index is 1.40. The van der Waals surface area contributed by atoms with Crippen molar-refractivity contribution in [3.05, 3.63) is 87.3 Å². The summed E-state index contributed by atoms with van der Waals surface area (Å²) in [6.07, 6.45) is 3.46. The first-order valence-electron chi connectivity index (χ1n) is 9.79. The second-order valence-electron chi connectivity index (χ2n) is 7.12. The van der Waals surface area contributed by atoms with Crippen LogP contribution in [-0.4, -0.2) is 18.5 Å². The molecule has 1 heterocycles. The van der Waals surface area contributed by atoms with Gasteiger partial charge in [-0.2, -0.15) is 5.26 Å². The van der Waals surface area contributed by atoms with Crippen LogP contribution in [0.5, 0.6) is 0 Å². The molecular formula is C24H20N2O3S. The van der Waals surface area contributed by atoms with Crippen molar-refractivity contribution in [2.75, 3.05) is 11.9 Å². The van der Waals surface area contributed by atoms with Crippen molar-refractivity contribution < 1.29 is 14.3 Å². The van der Waals surface area contributed by atoms with Gasteiger partial charge in [0.2, 0.25) is 0 Å². The number of carbonyl (C=O) groups is 2. The van der Waals surface area contributed by atoms with Crippen LogP contribution in [0.3, 0.4) is 0 Å². The zero-order chi connectivity index (χ0) is 20.9. The van der Waals surface area contributed by atoms with Gasteiger partial charge in [0.15, 0.2) is 6.61 Å². The van der Waals surface area contributed by atoms with Gasteiger partial charge in [-0.15, -0.1) is 11.3 Å². The molecule has 0 atom stereocenters. The molecule has 0 aliphatic heterocycles. The number of anilines is 1. The van der Waals surface area contributed by atoms with Gasteiger partial charge in [-0.05, 0) is 48.4 Å². The van der Waals surface area contributed by atoms with E-state index in [4.69, 9.17) is 4.74 Å². The third-order valence-electron chi connectivity index (χ3n) is 5.10. The summed E-state index contributed by atoms with van der Waals surface area (Å²) in [6.45, 7) is -0.397. The molecule has 1 amide bonds. The Bertz CT molecular complexity index is 1130. The standard InChI is InChI=1S/C24H20N2O3S/c25-14-20-19-11-6-12-21(19)30-23(20)26-22(27)15-29-24(28)18-10-5-4-9-17(18)13-16-7-2-1-3-8-16/h1-5,7-10H,6,11-13,15H2,(H,26,27). The van der Waals surface area contributed by atoms with Crippen LogP contribution >= 0.6 is 11.3 Å². The summed E-state index contributed by atoms with van der Waals surface area (Å²) in [5.74, 6) is -0.980. The van der Waals surface area contributed by atoms with E-state index in [0.717, 1.165) is 40.8 Å². The summed E-state index contributed by atoms with van der Waals surface area (Å²) >= 11 is 1.44. The van der Waals surface area contributed by atoms with Gasteiger partial charge in [0, 0.05) is 4.88 Å². The predicted octanol–water partition coefficient (Wildman–Crippen LogP) is 4.49. The molecular weight excluding hydrogens is 396 g/mol. The molecule has 150 valence electrons. The number of amides is 1. The molecule has 0 bridgehead atoms. The fraction of sp³-hybridized carbons (Fsp3) is 0.208. The number of ether oxygens (including phenoxy) is 1. The van der Waals surface area contributed by atoms with Gasteiger partial charge in [-0.1, -0.05) is 48.5 Å². The minimum Gasteiger partial charge on any atom is -0.452 e. The van der Waals surface area contributed by atoms with Crippen LogP contribution in [0.2, 0.25) is 0 Å². The highest BCUT2D eigenvalue weighted by atomic mass is 32.1. The largest absolute Gasteiger partial charge is 0.452 e. The van der Waals surface area contributed by atoms with E-state index in [0.29, 0.717) is 22.5 Å². The molecule has 6 heteroatoms. The SMILES string of the molecule is N#Cc1c(NC(=O)COC(=O)c2ccccc2Cc2ccccc2)sc2c1CCC2. The molecule has 0 saturated heterocycles. The smallest absolute Gasteiger partial charge is 0.338 e. The van der Waals surface area contributed by atoms with E-state index in [1.165, 1.54) is 11.3 Å². The molecule has 1 aliphatic carbocycles. The normalized spacial score (nSPS) is 12.1. The predicted molar refractivity (Wildman–Crippen MR) is 116 cm³/mol. The number of fused-ring (bicyclic) bond motifs is 1. The Morgan fingerprint density at radius 3 is 2.63 bits per heavy atom. The first kappa shape index (κ1) is 19.9. The zero-order valence-corrected chi connectivity index (χ0v) is 17.1. The van der Waals surface area contributed by atoms with Crippen molar-refractivity contribution in [2.45, 2.75) is 25.7 Å². The van der Waals surface area contributed by atoms with Crippen LogP contribution in [0.1, 0.15) is 43.9 Å². The number of rotatable bonds is 6. The molecule has 0 unspecified atom stereocenters. The van der Waals surface area contributed by atoms with Crippen molar-refractivity contribution in [2.24, 2.45) is 0 Å². The minimum absolute atomic E-state index is 0.397. The van der Waals surface area contributed by atoms with Crippen LogP contribution in [0.4, 0.5) is 5.00 Å². The fourth-order valence-corrected chi connectivity index (χ4v) is 4.93. The number of aryl methyl sites for hydroxylation is 1. The van der Waals surface area contributed by atoms with Gasteiger partial charge in [0.25, 0.3) is 5.91 Å². The van der Waals surface area contributed by atoms with E-state index in [2.05, 4.69) is 11.4 Å². The molecule has 1 aliphatic rings. The van der Waals surface area contributed by atoms with Gasteiger partial charge < -0.3 is 10.1 Å². The highest BCUT2D eigenvalue weighted by molar-refractivity contribution is 7.16. The Labute approximate surface area is 178 Å². The van der Waals surface area contributed by atoms with Crippen molar-refractivity contribution in [1.82, 2.24) is 0 Å². The summed E-state index contributed by atoms with van der Waals surface area (Å²) in [4.78, 5) is 26.1. The second kappa shape index (κ2) is 8.93. The molecule has 0 fully saturated rings. The monoisotopic (exact) mass is 416 g/mol. The first-order valence-corrected chi connectivity index (χ1v) is 10.6. The molecule has 0 radical (unpaired) electrons. The second-order valence-corrected chi connectivity index (χ2v) is 8.22. The van der Waals surface area contributed by atoms with Crippen molar-refractivity contribution in [1.29, 1.82) is 5.26 Å². The van der Waals surface area contributed by atoms with Crippen molar-refractivity contribution in [3.63, 3.8) is 0 Å². The molecule has 30 heavy (non-hydrogen) atoms. The summed E-state index contributed by atoms with van der Waals surface area (Å²) in [6, 6.07) is 19.3. The summed E-state index contributed by atoms with van der Waals surface area (Å²) in [5, 5.41) is 12.7. The lowest BCUT2D eigenvalue weighted by Gasteiger charge is -2.10. The number of nitrogens with zero attached hydrogens (tertiary/aromatic N) is 1. The third-order valence-corrected chi connectivity index (χ3v) is 6.30. The number of esters is 1. The zero-order valence-electron chi connectivity index (χ0n) is 16.3. The van der Waals surface area contributed by atoms with Gasteiger partial charge >= 0.3 is 5.97 Å². The highest BCUT2D eigenvalue weighted by Crippen LogP contribution is 2.38. The Morgan fingerprint density at radius 1 is 1.07 bits per heavy atom. The van der Waals surface area contributed by atoms with Gasteiger partial charge in [0.1, 0.15) is 11.1 Å². The van der Waals surface area contributed by atoms with Crippen molar-refractivity contribution in [3.8, 4) is 6.07 Å². The van der Waals surface area contributed by atoms with E-state index in [9.17, 15) is 14.9 Å². The topological polar surface area (TPSA) is 79.2 Å². The van der Waals surface area contributed by atoms with E-state index in [1.807, 2.05) is 42.5 Å². The third kappa shape index (κ3) is 4.27. The number of carbonyl (C=O) groups excluding carboxylic acids is 2. The number of hydrogen-bond donors (Lipinski definition) is 1. The van der Waals surface area contributed by atoms with Gasteiger partial charge in [0.05, 0.1) is 11.1 Å². The maximum absolute atomic E-state index is 12.6. The number of hydrogen-bond acceptors (Lipinski definition) is 5. The highest BCUT2D eigenvalue weighted by Gasteiger charge is 2.23. The van der Waals surface area contributed by atoms with Gasteiger partial charge in [-0.3, -0.25) is 4.79 Å². The lowest BCUT2D eigenvalue weighted by molar-refractivity contribution is -0.119. The number of thiophene rings is 1. The van der Waals surface area contributed by atoms with E-state index >= 15 is 0 Å². The number of nitriles is 1. The Kier molecular flexibility index (Phi) is 5.92. The van der Waals surface area contributed by atoms with Crippen molar-refractivity contribution >= 4 is 28.2 Å². The van der Waals surface area contributed by atoms with Gasteiger partial charge in [-0.25, -0.2) is 4.79 Å². The number of nitrogens with one attached hydrogen (secondary N) is 1. The molecule has 0 saturated carbocycles. The Hall–Kier alpha value is -3.43. The molecule has 4 rings (SSSR count). The van der Waals surface area contributed by atoms with E-state index in [-0.39, 0.29) is 0 Å². The van der Waals surface area contributed by atoms with Crippen LogP contribution in [0, 0.1) is 11.3 Å². The molecule has 2 aromatic carbocycles. The summed E-state index contributed by atoms with van der Waals surface area (Å²) < 4.78 is 5.26. The lowest BCUT2D eigenvalue weighted by Crippen LogP contribution is -2.21. The molecule has 3 aromatic rings. The summed E-state index contributed by atoms with van der Waals surface area (Å²) in [5.41, 5.74) is 3.97. The maximum Gasteiger partial charge on any atom is 0.338 e. The van der Waals surface area contributed by atoms with Crippen LogP contribution in [0.25, 0.3) is 0 Å². The van der Waals surface area contributed by atoms with Crippen LogP contribution < -0.4 is 5.32 Å². The van der Waals surface area contributed by atoms with E-state index in [1.54, 1.807) is 12.1 Å². The lowest BCUT2D eigenvalue weighted by atomic mass is 10.00. The van der Waals surface area contributed by atoms with E-state index < -0.39 is 18.5 Å². The fourth-order valence-electron chi connectivity index (χ4n) is 3.67. The van der Waals surface area contributed by atoms with Crippen LogP contribution in [0.15, 0.2) is 54.6 Å².